The van der Waals surface area contributed by atoms with Gasteiger partial charge in [-0.3, -0.25) is 4.79 Å². The van der Waals surface area contributed by atoms with Crippen molar-refractivity contribution in [3.63, 3.8) is 0 Å². The van der Waals surface area contributed by atoms with Gasteiger partial charge >= 0.3 is 0 Å². The molecule has 2 aromatic rings. The summed E-state index contributed by atoms with van der Waals surface area (Å²) in [7, 11) is 1.71. The number of ether oxygens (including phenoxy) is 1. The molecule has 200 valence electrons. The quantitative estimate of drug-likeness (QED) is 0.657. The second-order valence-electron chi connectivity index (χ2n) is 12.0. The summed E-state index contributed by atoms with van der Waals surface area (Å²) in [5, 5.41) is 14.8. The van der Waals surface area contributed by atoms with Crippen molar-refractivity contribution >= 4 is 5.91 Å². The molecule has 2 saturated heterocycles. The molecule has 6 rings (SSSR count). The van der Waals surface area contributed by atoms with Crippen LogP contribution in [-0.2, 0) is 16.8 Å². The number of methoxy groups -OCH3 is 1. The molecular formula is C32H42N4O2+2. The van der Waals surface area contributed by atoms with Gasteiger partial charge in [0.2, 0.25) is 5.91 Å². The number of fused-ring (bicyclic) bond motifs is 2. The molecule has 1 saturated carbocycles. The molecule has 4 aliphatic rings. The van der Waals surface area contributed by atoms with E-state index in [0.29, 0.717) is 29.3 Å². The van der Waals surface area contributed by atoms with E-state index in [-0.39, 0.29) is 11.3 Å². The number of nitriles is 1. The van der Waals surface area contributed by atoms with Crippen LogP contribution in [0.2, 0.25) is 0 Å². The summed E-state index contributed by atoms with van der Waals surface area (Å²) in [5.74, 6) is 2.18. The fraction of sp³-hybridized carbons (Fsp3) is 0.562. The molecule has 1 spiro atoms. The highest BCUT2D eigenvalue weighted by atomic mass is 16.5. The van der Waals surface area contributed by atoms with Gasteiger partial charge in [0, 0.05) is 18.2 Å². The lowest BCUT2D eigenvalue weighted by molar-refractivity contribution is -0.691. The molecule has 6 heteroatoms. The van der Waals surface area contributed by atoms with Gasteiger partial charge in [-0.1, -0.05) is 49.6 Å². The Bertz CT molecular complexity index is 1200. The zero-order valence-electron chi connectivity index (χ0n) is 22.7. The molecular weight excluding hydrogens is 472 g/mol. The number of rotatable bonds is 4. The third kappa shape index (κ3) is 4.30. The largest absolute Gasteiger partial charge is 0.496 e. The maximum atomic E-state index is 14.7. The monoisotopic (exact) mass is 514 g/mol. The van der Waals surface area contributed by atoms with E-state index in [9.17, 15) is 10.1 Å². The molecule has 4 N–H and O–H groups in total. The summed E-state index contributed by atoms with van der Waals surface area (Å²) in [6.07, 6.45) is 8.48. The lowest BCUT2D eigenvalue weighted by atomic mass is 9.66. The second kappa shape index (κ2) is 10.7. The number of benzene rings is 2. The van der Waals surface area contributed by atoms with E-state index < -0.39 is 0 Å². The van der Waals surface area contributed by atoms with Crippen molar-refractivity contribution in [2.75, 3.05) is 33.3 Å². The number of amides is 1. The highest BCUT2D eigenvalue weighted by molar-refractivity contribution is 5.82. The minimum absolute atomic E-state index is 0.114. The van der Waals surface area contributed by atoms with Crippen LogP contribution in [-0.4, -0.2) is 50.1 Å². The van der Waals surface area contributed by atoms with Gasteiger partial charge in [0.05, 0.1) is 43.9 Å². The Morgan fingerprint density at radius 3 is 2.61 bits per heavy atom. The lowest BCUT2D eigenvalue weighted by Crippen LogP contribution is -2.91. The van der Waals surface area contributed by atoms with Crippen LogP contribution >= 0.6 is 0 Å². The Morgan fingerprint density at radius 1 is 1.05 bits per heavy atom. The molecule has 3 aliphatic heterocycles. The van der Waals surface area contributed by atoms with E-state index in [1.54, 1.807) is 7.11 Å². The normalized spacial score (nSPS) is 29.6. The highest BCUT2D eigenvalue weighted by Gasteiger charge is 2.58. The van der Waals surface area contributed by atoms with Gasteiger partial charge in [-0.15, -0.1) is 0 Å². The maximum absolute atomic E-state index is 14.7. The first-order valence-corrected chi connectivity index (χ1v) is 14.8. The summed E-state index contributed by atoms with van der Waals surface area (Å²) in [6, 6.07) is 17.6. The molecule has 0 radical (unpaired) electrons. The zero-order chi connectivity index (χ0) is 26.1. The van der Waals surface area contributed by atoms with Crippen molar-refractivity contribution in [2.45, 2.75) is 68.9 Å². The Morgan fingerprint density at radius 2 is 1.84 bits per heavy atom. The zero-order valence-corrected chi connectivity index (χ0v) is 22.7. The fourth-order valence-corrected chi connectivity index (χ4v) is 8.44. The van der Waals surface area contributed by atoms with Crippen LogP contribution in [0.1, 0.15) is 73.1 Å². The average molecular weight is 515 g/mol. The minimum atomic E-state index is -0.336. The third-order valence-corrected chi connectivity index (χ3v) is 10.2. The van der Waals surface area contributed by atoms with Gasteiger partial charge in [-0.05, 0) is 55.2 Å². The molecule has 0 aromatic heterocycles. The smallest absolute Gasteiger partial charge is 0.233 e. The van der Waals surface area contributed by atoms with Crippen molar-refractivity contribution in [1.82, 2.24) is 4.90 Å². The Labute approximate surface area is 226 Å². The topological polar surface area (TPSA) is 86.5 Å². The Kier molecular flexibility index (Phi) is 7.16. The van der Waals surface area contributed by atoms with Crippen LogP contribution in [0.15, 0.2) is 42.5 Å². The van der Waals surface area contributed by atoms with E-state index >= 15 is 0 Å². The summed E-state index contributed by atoms with van der Waals surface area (Å²) >= 11 is 0. The standard InChI is InChI=1S/C32H40N4O2/c1-38-29-13-12-25(17-33)30-26(29)18-34-20-32(30)21-35-19-27(32)31(37)36-15-14-24(22-8-4-2-5-9-22)16-28(36)23-10-6-3-7-11-23/h2,4-5,8-9,12-13,23-24,27-28,34-35H,3,6-7,10-11,14-16,18-21H2,1H3/p+2/t24-,27?,28+,32-/m1/s1. The van der Waals surface area contributed by atoms with Crippen LogP contribution in [0.5, 0.6) is 5.75 Å². The van der Waals surface area contributed by atoms with Crippen molar-refractivity contribution in [3.8, 4) is 11.8 Å². The Balaban J connectivity index is 1.35. The van der Waals surface area contributed by atoms with Gasteiger partial charge in [-0.25, -0.2) is 0 Å². The summed E-state index contributed by atoms with van der Waals surface area (Å²) < 4.78 is 5.74. The minimum Gasteiger partial charge on any atom is -0.496 e. The number of hydrogen-bond donors (Lipinski definition) is 2. The van der Waals surface area contributed by atoms with Crippen molar-refractivity contribution in [3.05, 3.63) is 64.7 Å². The Hall–Kier alpha value is -2.88. The van der Waals surface area contributed by atoms with E-state index in [0.717, 1.165) is 62.4 Å². The number of carbonyl (C=O) groups excluding carboxylic acids is 1. The molecule has 1 aliphatic carbocycles. The van der Waals surface area contributed by atoms with Crippen LogP contribution in [0.3, 0.4) is 0 Å². The van der Waals surface area contributed by atoms with Crippen LogP contribution in [0.25, 0.3) is 0 Å². The van der Waals surface area contributed by atoms with Gasteiger partial charge in [-0.2, -0.15) is 5.26 Å². The SMILES string of the molecule is COc1ccc(C#N)c2c1C[NH2+]C[C@]21C[NH2+]CC1C(=O)N1CC[C@@H](c2ccccc2)C[C@H]1C1CCCCC1. The molecule has 3 fully saturated rings. The van der Waals surface area contributed by atoms with Gasteiger partial charge in [0.1, 0.15) is 23.6 Å². The lowest BCUT2D eigenvalue weighted by Gasteiger charge is -2.47. The highest BCUT2D eigenvalue weighted by Crippen LogP contribution is 2.44. The van der Waals surface area contributed by atoms with Crippen molar-refractivity contribution < 1.29 is 20.2 Å². The first-order chi connectivity index (χ1) is 18.7. The van der Waals surface area contributed by atoms with Crippen LogP contribution < -0.4 is 15.4 Å². The number of nitrogens with zero attached hydrogens (tertiary/aromatic N) is 2. The van der Waals surface area contributed by atoms with Crippen LogP contribution in [0.4, 0.5) is 0 Å². The van der Waals surface area contributed by atoms with E-state index in [1.165, 1.54) is 37.7 Å². The molecule has 0 bridgehead atoms. The van der Waals surface area contributed by atoms with Gasteiger partial charge in [0.25, 0.3) is 0 Å². The molecule has 2 aromatic carbocycles. The van der Waals surface area contributed by atoms with Gasteiger partial charge < -0.3 is 20.3 Å². The first kappa shape index (κ1) is 25.4. The molecule has 6 nitrogen and oxygen atoms in total. The predicted octanol–water partition coefficient (Wildman–Crippen LogP) is 2.43. The summed E-state index contributed by atoms with van der Waals surface area (Å²) in [6.45, 7) is 4.13. The number of nitrogens with two attached hydrogens (primary N) is 2. The predicted molar refractivity (Wildman–Crippen MR) is 146 cm³/mol. The van der Waals surface area contributed by atoms with Crippen molar-refractivity contribution in [1.29, 1.82) is 5.26 Å². The van der Waals surface area contributed by atoms with Gasteiger partial charge in [0.15, 0.2) is 0 Å². The van der Waals surface area contributed by atoms with E-state index in [4.69, 9.17) is 4.74 Å². The molecule has 3 heterocycles. The fourth-order valence-electron chi connectivity index (χ4n) is 8.44. The van der Waals surface area contributed by atoms with E-state index in [1.807, 2.05) is 12.1 Å². The summed E-state index contributed by atoms with van der Waals surface area (Å²) in [4.78, 5) is 17.0. The number of carbonyl (C=O) groups is 1. The van der Waals surface area contributed by atoms with E-state index in [2.05, 4.69) is 51.9 Å². The second-order valence-corrected chi connectivity index (χ2v) is 12.0. The molecule has 1 unspecified atom stereocenters. The average Bonchev–Trinajstić information content (AvgIpc) is 3.40. The number of quaternary nitrogens is 2. The molecule has 38 heavy (non-hydrogen) atoms. The number of hydrogen-bond acceptors (Lipinski definition) is 3. The summed E-state index contributed by atoms with van der Waals surface area (Å²) in [5.41, 5.74) is 4.00. The van der Waals surface area contributed by atoms with Crippen molar-refractivity contribution in [2.24, 2.45) is 11.8 Å². The molecule has 4 atom stereocenters. The first-order valence-electron chi connectivity index (χ1n) is 14.8. The number of likely N-dealkylation sites (tertiary alicyclic amines) is 1. The third-order valence-electron chi connectivity index (χ3n) is 10.2. The molecule has 1 amide bonds. The van der Waals surface area contributed by atoms with Crippen LogP contribution in [0, 0.1) is 23.2 Å². The maximum Gasteiger partial charge on any atom is 0.233 e. The number of piperidine rings is 1.